The molecule has 1 fully saturated rings. The molecule has 3 rings (SSSR count). The van der Waals surface area contributed by atoms with Gasteiger partial charge >= 0.3 is 0 Å². The first kappa shape index (κ1) is 25.4. The van der Waals surface area contributed by atoms with Crippen molar-refractivity contribution in [2.24, 2.45) is 0 Å². The average molecular weight is 475 g/mol. The van der Waals surface area contributed by atoms with E-state index in [9.17, 15) is 18.3 Å². The molecule has 0 saturated carbocycles. The lowest BCUT2D eigenvalue weighted by Gasteiger charge is -2.34. The Balaban J connectivity index is 1.47. The van der Waals surface area contributed by atoms with E-state index in [2.05, 4.69) is 13.8 Å². The number of ether oxygens (including phenoxy) is 1. The van der Waals surface area contributed by atoms with E-state index in [4.69, 9.17) is 4.74 Å². The molecular weight excluding hydrogens is 440 g/mol. The molecule has 33 heavy (non-hydrogen) atoms. The number of nitrogens with zero attached hydrogens (tertiary/aromatic N) is 2. The molecule has 7 nitrogen and oxygen atoms in total. The number of benzene rings is 2. The second-order valence-corrected chi connectivity index (χ2v) is 10.6. The van der Waals surface area contributed by atoms with Crippen molar-refractivity contribution in [1.82, 2.24) is 9.21 Å². The van der Waals surface area contributed by atoms with E-state index in [0.29, 0.717) is 54.9 Å². The SMILES string of the molecule is CCC(C)c1ccc(S(=O)(=O)N2CCN(CC(O)COc3ccc(C(C)=O)cc3)CC2)cc1. The van der Waals surface area contributed by atoms with E-state index < -0.39 is 16.1 Å². The van der Waals surface area contributed by atoms with Gasteiger partial charge in [-0.15, -0.1) is 0 Å². The number of piperazine rings is 1. The molecule has 0 amide bonds. The minimum absolute atomic E-state index is 0.00847. The van der Waals surface area contributed by atoms with Gasteiger partial charge in [-0.05, 0) is 61.2 Å². The van der Waals surface area contributed by atoms with Gasteiger partial charge in [-0.1, -0.05) is 26.0 Å². The topological polar surface area (TPSA) is 87.2 Å². The van der Waals surface area contributed by atoms with Gasteiger partial charge in [0.15, 0.2) is 5.78 Å². The second-order valence-electron chi connectivity index (χ2n) is 8.63. The minimum atomic E-state index is -3.52. The van der Waals surface area contributed by atoms with E-state index in [1.165, 1.54) is 11.2 Å². The van der Waals surface area contributed by atoms with Crippen molar-refractivity contribution in [3.8, 4) is 5.75 Å². The first-order chi connectivity index (χ1) is 15.7. The number of carbonyl (C=O) groups excluding carboxylic acids is 1. The lowest BCUT2D eigenvalue weighted by Crippen LogP contribution is -2.50. The van der Waals surface area contributed by atoms with Gasteiger partial charge in [0.2, 0.25) is 10.0 Å². The smallest absolute Gasteiger partial charge is 0.243 e. The van der Waals surface area contributed by atoms with Gasteiger partial charge in [-0.2, -0.15) is 4.31 Å². The molecule has 0 aromatic heterocycles. The van der Waals surface area contributed by atoms with E-state index in [0.717, 1.165) is 12.0 Å². The molecule has 0 aliphatic carbocycles. The Morgan fingerprint density at radius 3 is 2.18 bits per heavy atom. The third kappa shape index (κ3) is 6.63. The lowest BCUT2D eigenvalue weighted by atomic mass is 9.99. The fourth-order valence-corrected chi connectivity index (χ4v) is 5.26. The van der Waals surface area contributed by atoms with Crippen LogP contribution in [0.25, 0.3) is 0 Å². The van der Waals surface area contributed by atoms with Crippen LogP contribution in [0.4, 0.5) is 0 Å². The largest absolute Gasteiger partial charge is 0.491 e. The third-order valence-corrected chi connectivity index (χ3v) is 8.12. The predicted octanol–water partition coefficient (Wildman–Crippen LogP) is 3.15. The summed E-state index contributed by atoms with van der Waals surface area (Å²) in [4.78, 5) is 13.7. The van der Waals surface area contributed by atoms with E-state index in [1.54, 1.807) is 36.4 Å². The number of aliphatic hydroxyl groups is 1. The van der Waals surface area contributed by atoms with Gasteiger partial charge < -0.3 is 9.84 Å². The van der Waals surface area contributed by atoms with Crippen LogP contribution in [-0.4, -0.2) is 73.9 Å². The summed E-state index contributed by atoms with van der Waals surface area (Å²) in [5.74, 6) is 0.987. The van der Waals surface area contributed by atoms with E-state index in [1.807, 2.05) is 17.0 Å². The maximum Gasteiger partial charge on any atom is 0.243 e. The maximum atomic E-state index is 13.0. The first-order valence-electron chi connectivity index (χ1n) is 11.4. The third-order valence-electron chi connectivity index (χ3n) is 6.20. The summed E-state index contributed by atoms with van der Waals surface area (Å²) in [6.07, 6.45) is 0.311. The molecule has 1 N–H and O–H groups in total. The number of ketones is 1. The number of sulfonamides is 1. The van der Waals surface area contributed by atoms with Crippen molar-refractivity contribution in [3.05, 3.63) is 59.7 Å². The first-order valence-corrected chi connectivity index (χ1v) is 12.9. The van der Waals surface area contributed by atoms with Crippen molar-refractivity contribution in [2.75, 3.05) is 39.3 Å². The summed E-state index contributed by atoms with van der Waals surface area (Å²) in [5.41, 5.74) is 1.76. The molecule has 2 atom stereocenters. The van der Waals surface area contributed by atoms with Crippen LogP contribution < -0.4 is 4.74 Å². The van der Waals surface area contributed by atoms with Gasteiger partial charge in [0.1, 0.15) is 18.5 Å². The van der Waals surface area contributed by atoms with Crippen molar-refractivity contribution < 1.29 is 23.1 Å². The number of carbonyl (C=O) groups is 1. The van der Waals surface area contributed by atoms with Crippen molar-refractivity contribution in [1.29, 1.82) is 0 Å². The lowest BCUT2D eigenvalue weighted by molar-refractivity contribution is 0.0569. The molecular formula is C25H34N2O5S. The summed E-state index contributed by atoms with van der Waals surface area (Å²) in [7, 11) is -3.52. The minimum Gasteiger partial charge on any atom is -0.491 e. The zero-order valence-electron chi connectivity index (χ0n) is 19.6. The van der Waals surface area contributed by atoms with Crippen molar-refractivity contribution in [3.63, 3.8) is 0 Å². The fraction of sp³-hybridized carbons (Fsp3) is 0.480. The predicted molar refractivity (Wildman–Crippen MR) is 128 cm³/mol. The van der Waals surface area contributed by atoms with Crippen LogP contribution in [0.3, 0.4) is 0 Å². The molecule has 180 valence electrons. The zero-order chi connectivity index (χ0) is 24.0. The highest BCUT2D eigenvalue weighted by molar-refractivity contribution is 7.89. The molecule has 2 unspecified atom stereocenters. The highest BCUT2D eigenvalue weighted by Gasteiger charge is 2.29. The Bertz CT molecular complexity index is 1010. The van der Waals surface area contributed by atoms with Crippen molar-refractivity contribution >= 4 is 15.8 Å². The molecule has 1 heterocycles. The Labute approximate surface area is 197 Å². The number of hydrogen-bond donors (Lipinski definition) is 1. The quantitative estimate of drug-likeness (QED) is 0.533. The molecule has 2 aromatic carbocycles. The average Bonchev–Trinajstić information content (AvgIpc) is 2.83. The summed E-state index contributed by atoms with van der Waals surface area (Å²) < 4.78 is 33.2. The molecule has 0 radical (unpaired) electrons. The number of β-amino-alcohol motifs (C(OH)–C–C–N with tert-alkyl or cyclic N) is 1. The van der Waals surface area contributed by atoms with Crippen LogP contribution in [-0.2, 0) is 10.0 Å². The summed E-state index contributed by atoms with van der Waals surface area (Å²) in [5, 5.41) is 10.3. The van der Waals surface area contributed by atoms with Crippen LogP contribution in [0.5, 0.6) is 5.75 Å². The Morgan fingerprint density at radius 2 is 1.64 bits per heavy atom. The summed E-state index contributed by atoms with van der Waals surface area (Å²) in [6, 6.07) is 14.0. The van der Waals surface area contributed by atoms with Crippen LogP contribution in [0.2, 0.25) is 0 Å². The maximum absolute atomic E-state index is 13.0. The van der Waals surface area contributed by atoms with E-state index in [-0.39, 0.29) is 12.4 Å². The number of rotatable bonds is 10. The van der Waals surface area contributed by atoms with Crippen LogP contribution in [0, 0.1) is 0 Å². The van der Waals surface area contributed by atoms with Gasteiger partial charge in [0.25, 0.3) is 0 Å². The van der Waals surface area contributed by atoms with Crippen molar-refractivity contribution in [2.45, 2.75) is 44.1 Å². The van der Waals surface area contributed by atoms with Crippen LogP contribution in [0.15, 0.2) is 53.4 Å². The summed E-state index contributed by atoms with van der Waals surface area (Å²) in [6.45, 7) is 8.16. The number of hydrogen-bond acceptors (Lipinski definition) is 6. The molecule has 0 bridgehead atoms. The highest BCUT2D eigenvalue weighted by atomic mass is 32.2. The zero-order valence-corrected chi connectivity index (χ0v) is 20.4. The van der Waals surface area contributed by atoms with Crippen LogP contribution in [0.1, 0.15) is 49.0 Å². The second kappa shape index (κ2) is 11.2. The molecule has 0 spiro atoms. The molecule has 1 aliphatic rings. The summed E-state index contributed by atoms with van der Waals surface area (Å²) >= 11 is 0. The molecule has 8 heteroatoms. The van der Waals surface area contributed by atoms with Gasteiger partial charge in [-0.25, -0.2) is 8.42 Å². The van der Waals surface area contributed by atoms with Gasteiger partial charge in [-0.3, -0.25) is 9.69 Å². The molecule has 1 saturated heterocycles. The molecule has 2 aromatic rings. The highest BCUT2D eigenvalue weighted by Crippen LogP contribution is 2.23. The number of Topliss-reactive ketones (excluding diaryl/α,β-unsaturated/α-hetero) is 1. The Morgan fingerprint density at radius 1 is 1.03 bits per heavy atom. The van der Waals surface area contributed by atoms with Gasteiger partial charge in [0, 0.05) is 38.3 Å². The van der Waals surface area contributed by atoms with E-state index >= 15 is 0 Å². The normalized spacial score (nSPS) is 17.5. The van der Waals surface area contributed by atoms with Gasteiger partial charge in [0.05, 0.1) is 4.90 Å². The monoisotopic (exact) mass is 474 g/mol. The Hall–Kier alpha value is -2.26. The number of aliphatic hydroxyl groups excluding tert-OH is 1. The Kier molecular flexibility index (Phi) is 8.64. The molecule has 1 aliphatic heterocycles. The standard InChI is InChI=1S/C25H34N2O5S/c1-4-19(2)21-7-11-25(12-8-21)33(30,31)27-15-13-26(14-16-27)17-23(29)18-32-24-9-5-22(6-10-24)20(3)28/h5-12,19,23,29H,4,13-18H2,1-3H3. The van der Waals surface area contributed by atoms with Crippen LogP contribution >= 0.6 is 0 Å². The fourth-order valence-electron chi connectivity index (χ4n) is 3.83.